The second kappa shape index (κ2) is 11.0. The molecule has 1 aliphatic heterocycles. The lowest BCUT2D eigenvalue weighted by Gasteiger charge is -2.32. The molecule has 1 saturated carbocycles. The summed E-state index contributed by atoms with van der Waals surface area (Å²) < 4.78 is 5.96. The average molecular weight is 469 g/mol. The molecule has 4 rings (SSSR count). The molecule has 0 spiro atoms. The Labute approximate surface area is 201 Å². The van der Waals surface area contributed by atoms with E-state index in [9.17, 15) is 15.3 Å². The molecule has 5 heteroatoms. The molecule has 3 atom stereocenters. The number of halogens is 1. The number of hydrogen-bond acceptors (Lipinski definition) is 4. The normalized spacial score (nSPS) is 25.0. The molecule has 33 heavy (non-hydrogen) atoms. The van der Waals surface area contributed by atoms with Crippen LogP contribution in [0.3, 0.4) is 0 Å². The Morgan fingerprint density at radius 2 is 1.73 bits per heavy atom. The molecule has 1 heterocycles. The maximum atomic E-state index is 10.7. The van der Waals surface area contributed by atoms with Crippen LogP contribution in [0.5, 0.6) is 0 Å². The SMILES string of the molecule is OC[C@@H]1C[C@H](O)C[C@H](c2ccc(Cl)c(Cc3ccc(C#CC4(O)CCCCCC4)cc3)c2)O1. The van der Waals surface area contributed by atoms with Gasteiger partial charge in [-0.2, -0.15) is 0 Å². The fourth-order valence-electron chi connectivity index (χ4n) is 4.81. The molecule has 3 N–H and O–H groups in total. The van der Waals surface area contributed by atoms with Crippen molar-refractivity contribution in [3.63, 3.8) is 0 Å². The van der Waals surface area contributed by atoms with Crippen molar-refractivity contribution in [2.75, 3.05) is 6.61 Å². The van der Waals surface area contributed by atoms with Gasteiger partial charge >= 0.3 is 0 Å². The molecule has 1 saturated heterocycles. The summed E-state index contributed by atoms with van der Waals surface area (Å²) in [5.74, 6) is 6.28. The minimum Gasteiger partial charge on any atom is -0.394 e. The van der Waals surface area contributed by atoms with Gasteiger partial charge in [0.25, 0.3) is 0 Å². The highest BCUT2D eigenvalue weighted by molar-refractivity contribution is 6.31. The number of benzene rings is 2. The number of aliphatic hydroxyl groups is 3. The Bertz CT molecular complexity index is 983. The predicted molar refractivity (Wildman–Crippen MR) is 130 cm³/mol. The summed E-state index contributed by atoms with van der Waals surface area (Å²) in [6.07, 6.45) is 6.50. The van der Waals surface area contributed by atoms with E-state index in [0.29, 0.717) is 24.3 Å². The van der Waals surface area contributed by atoms with E-state index in [1.807, 2.05) is 42.5 Å². The fraction of sp³-hybridized carbons (Fsp3) is 0.500. The van der Waals surface area contributed by atoms with Crippen LogP contribution >= 0.6 is 11.6 Å². The van der Waals surface area contributed by atoms with Crippen LogP contribution in [0, 0.1) is 11.8 Å². The van der Waals surface area contributed by atoms with Crippen LogP contribution < -0.4 is 0 Å². The Morgan fingerprint density at radius 3 is 2.42 bits per heavy atom. The zero-order chi connectivity index (χ0) is 23.3. The summed E-state index contributed by atoms with van der Waals surface area (Å²) in [5, 5.41) is 31.0. The van der Waals surface area contributed by atoms with Gasteiger partial charge in [0.2, 0.25) is 0 Å². The summed E-state index contributed by atoms with van der Waals surface area (Å²) in [6.45, 7) is -0.0966. The Hall–Kier alpha value is -1.87. The number of rotatable bonds is 4. The average Bonchev–Trinajstić information content (AvgIpc) is 3.04. The smallest absolute Gasteiger partial charge is 0.125 e. The molecule has 0 amide bonds. The highest BCUT2D eigenvalue weighted by atomic mass is 35.5. The predicted octanol–water partition coefficient (Wildman–Crippen LogP) is 4.94. The third-order valence-corrected chi connectivity index (χ3v) is 7.11. The maximum Gasteiger partial charge on any atom is 0.125 e. The van der Waals surface area contributed by atoms with Gasteiger partial charge in [0.15, 0.2) is 0 Å². The topological polar surface area (TPSA) is 69.9 Å². The lowest BCUT2D eigenvalue weighted by atomic mass is 9.93. The van der Waals surface area contributed by atoms with Gasteiger partial charge in [0.1, 0.15) is 5.60 Å². The summed E-state index contributed by atoms with van der Waals surface area (Å²) in [6, 6.07) is 13.9. The van der Waals surface area contributed by atoms with E-state index in [1.165, 1.54) is 12.8 Å². The second-order valence-electron chi connectivity index (χ2n) is 9.47. The molecule has 4 nitrogen and oxygen atoms in total. The van der Waals surface area contributed by atoms with Crippen molar-refractivity contribution in [3.8, 4) is 11.8 Å². The van der Waals surface area contributed by atoms with E-state index in [2.05, 4.69) is 11.8 Å². The molecule has 2 aliphatic rings. The van der Waals surface area contributed by atoms with E-state index in [4.69, 9.17) is 16.3 Å². The third-order valence-electron chi connectivity index (χ3n) is 6.74. The van der Waals surface area contributed by atoms with Crippen LogP contribution in [0.4, 0.5) is 0 Å². The summed E-state index contributed by atoms with van der Waals surface area (Å²) in [4.78, 5) is 0. The fourth-order valence-corrected chi connectivity index (χ4v) is 4.99. The van der Waals surface area contributed by atoms with E-state index < -0.39 is 11.7 Å². The van der Waals surface area contributed by atoms with Crippen molar-refractivity contribution in [1.29, 1.82) is 0 Å². The van der Waals surface area contributed by atoms with Gasteiger partial charge in [-0.1, -0.05) is 60.5 Å². The summed E-state index contributed by atoms with van der Waals surface area (Å²) in [5.41, 5.74) is 3.12. The van der Waals surface area contributed by atoms with Crippen molar-refractivity contribution < 1.29 is 20.1 Å². The molecule has 0 aromatic heterocycles. The van der Waals surface area contributed by atoms with E-state index in [-0.39, 0.29) is 18.8 Å². The van der Waals surface area contributed by atoms with Crippen molar-refractivity contribution in [3.05, 3.63) is 69.7 Å². The first-order chi connectivity index (χ1) is 15.9. The highest BCUT2D eigenvalue weighted by Crippen LogP contribution is 2.34. The van der Waals surface area contributed by atoms with E-state index in [0.717, 1.165) is 47.9 Å². The molecule has 2 aromatic rings. The number of ether oxygens (including phenoxy) is 1. The Kier molecular flexibility index (Phi) is 8.11. The van der Waals surface area contributed by atoms with Crippen LogP contribution in [0.25, 0.3) is 0 Å². The molecular weight excluding hydrogens is 436 g/mol. The molecule has 1 aliphatic carbocycles. The monoisotopic (exact) mass is 468 g/mol. The lowest BCUT2D eigenvalue weighted by Crippen LogP contribution is -2.33. The van der Waals surface area contributed by atoms with E-state index in [1.54, 1.807) is 0 Å². The van der Waals surface area contributed by atoms with E-state index >= 15 is 0 Å². The Balaban J connectivity index is 1.45. The quantitative estimate of drug-likeness (QED) is 0.439. The second-order valence-corrected chi connectivity index (χ2v) is 9.88. The van der Waals surface area contributed by atoms with Crippen LogP contribution in [0.2, 0.25) is 5.02 Å². The first-order valence-corrected chi connectivity index (χ1v) is 12.4. The van der Waals surface area contributed by atoms with Crippen LogP contribution in [-0.2, 0) is 11.2 Å². The van der Waals surface area contributed by atoms with Gasteiger partial charge in [-0.3, -0.25) is 0 Å². The Morgan fingerprint density at radius 1 is 1.00 bits per heavy atom. The van der Waals surface area contributed by atoms with Crippen molar-refractivity contribution >= 4 is 11.6 Å². The molecular formula is C28H33ClO4. The molecule has 176 valence electrons. The number of hydrogen-bond donors (Lipinski definition) is 3. The number of aliphatic hydroxyl groups excluding tert-OH is 2. The minimum absolute atomic E-state index is 0.0966. The van der Waals surface area contributed by atoms with Gasteiger partial charge in [-0.05, 0) is 67.0 Å². The van der Waals surface area contributed by atoms with Gasteiger partial charge in [0, 0.05) is 23.4 Å². The largest absolute Gasteiger partial charge is 0.394 e. The van der Waals surface area contributed by atoms with Crippen LogP contribution in [0.15, 0.2) is 42.5 Å². The molecule has 0 bridgehead atoms. The highest BCUT2D eigenvalue weighted by Gasteiger charge is 2.29. The van der Waals surface area contributed by atoms with Gasteiger partial charge in [-0.15, -0.1) is 0 Å². The van der Waals surface area contributed by atoms with Gasteiger partial charge in [-0.25, -0.2) is 0 Å². The van der Waals surface area contributed by atoms with Crippen LogP contribution in [0.1, 0.15) is 79.7 Å². The van der Waals surface area contributed by atoms with Crippen molar-refractivity contribution in [1.82, 2.24) is 0 Å². The molecule has 0 unspecified atom stereocenters. The van der Waals surface area contributed by atoms with Crippen molar-refractivity contribution in [2.45, 2.75) is 81.7 Å². The van der Waals surface area contributed by atoms with Crippen molar-refractivity contribution in [2.24, 2.45) is 0 Å². The van der Waals surface area contributed by atoms with Gasteiger partial charge in [0.05, 0.1) is 24.9 Å². The van der Waals surface area contributed by atoms with Gasteiger partial charge < -0.3 is 20.1 Å². The zero-order valence-corrected chi connectivity index (χ0v) is 19.7. The maximum absolute atomic E-state index is 10.7. The zero-order valence-electron chi connectivity index (χ0n) is 19.0. The lowest BCUT2D eigenvalue weighted by molar-refractivity contribution is -0.113. The minimum atomic E-state index is -0.854. The molecule has 2 fully saturated rings. The summed E-state index contributed by atoms with van der Waals surface area (Å²) in [7, 11) is 0. The third kappa shape index (κ3) is 6.59. The first kappa shape index (κ1) is 24.3. The molecule has 2 aromatic carbocycles. The standard InChI is InChI=1S/C28H33ClO4/c29-26-10-9-22(27-18-24(31)17-25(19-30)33-27)16-23(26)15-21-7-5-20(6-8-21)11-14-28(32)12-3-1-2-4-13-28/h5-10,16,24-25,27,30-32H,1-4,12-13,15,17-19H2/t24-,25-,27+/m0/s1. The summed E-state index contributed by atoms with van der Waals surface area (Å²) >= 11 is 6.49. The molecule has 0 radical (unpaired) electrons. The van der Waals surface area contributed by atoms with Crippen LogP contribution in [-0.4, -0.2) is 39.7 Å². The first-order valence-electron chi connectivity index (χ1n) is 12.0.